The van der Waals surface area contributed by atoms with E-state index in [1.165, 1.54) is 17.5 Å². The molecule has 5 rings (SSSR count). The minimum absolute atomic E-state index is 0.0360. The van der Waals surface area contributed by atoms with Gasteiger partial charge in [0.05, 0.1) is 29.1 Å². The number of fused-ring (bicyclic) bond motifs is 5. The molecule has 0 saturated carbocycles. The molecule has 1 aliphatic rings. The lowest BCUT2D eigenvalue weighted by Gasteiger charge is -2.32. The van der Waals surface area contributed by atoms with Crippen LogP contribution >= 0.6 is 0 Å². The SMILES string of the molecule is CC(C)=Cc1ccc(C#Cc2nc(C)c(C(=O)C[C@@H](CCN)C(=O)N(C)[C@@H]3C(=O)C[C@@H](C)C(=O)N[C@H](C(=O)CCC#N)Cc4ccc(OCCN)c(c4)-c4cc3ccc4OCCN)c(C)n2)cc1. The van der Waals surface area contributed by atoms with Crippen LogP contribution in [0, 0.1) is 48.9 Å². The van der Waals surface area contributed by atoms with Crippen LogP contribution < -0.4 is 32.0 Å². The molecule has 0 radical (unpaired) electrons. The third kappa shape index (κ3) is 13.5. The van der Waals surface area contributed by atoms with Gasteiger partial charge in [0, 0.05) is 74.3 Å². The summed E-state index contributed by atoms with van der Waals surface area (Å²) in [6, 6.07) is 18.0. The predicted molar refractivity (Wildman–Crippen MR) is 260 cm³/mol. The average Bonchev–Trinajstić information content (AvgIpc) is 3.30. The molecule has 2 amide bonds. The van der Waals surface area contributed by atoms with Crippen LogP contribution in [0.25, 0.3) is 17.2 Å². The fraction of sp³-hybridized carbons (Fsp3) is 0.396. The summed E-state index contributed by atoms with van der Waals surface area (Å²) in [5.41, 5.74) is 24.0. The van der Waals surface area contributed by atoms with Gasteiger partial charge in [-0.1, -0.05) is 48.8 Å². The molecule has 2 heterocycles. The van der Waals surface area contributed by atoms with Crippen molar-refractivity contribution in [2.75, 3.05) is 39.9 Å². The molecule has 356 valence electrons. The van der Waals surface area contributed by atoms with Gasteiger partial charge in [0.15, 0.2) is 17.3 Å². The topological polar surface area (TPSA) is 247 Å². The van der Waals surface area contributed by atoms with Gasteiger partial charge in [-0.25, -0.2) is 9.97 Å². The number of carbonyl (C=O) groups excluding carboxylic acids is 5. The summed E-state index contributed by atoms with van der Waals surface area (Å²) in [7, 11) is 1.49. The molecule has 7 N–H and O–H groups in total. The predicted octanol–water partition coefficient (Wildman–Crippen LogP) is 5.51. The summed E-state index contributed by atoms with van der Waals surface area (Å²) in [6.07, 6.45) is 1.61. The van der Waals surface area contributed by atoms with Crippen LogP contribution in [-0.2, 0) is 25.6 Å². The number of rotatable bonds is 17. The first-order valence-corrected chi connectivity index (χ1v) is 22.9. The van der Waals surface area contributed by atoms with Crippen LogP contribution in [0.2, 0.25) is 0 Å². The molecule has 1 aromatic heterocycles. The van der Waals surface area contributed by atoms with Crippen LogP contribution in [0.15, 0.2) is 66.2 Å². The molecule has 0 fully saturated rings. The van der Waals surface area contributed by atoms with Crippen molar-refractivity contribution in [2.45, 2.75) is 85.2 Å². The lowest BCUT2D eigenvalue weighted by atomic mass is 9.88. The van der Waals surface area contributed by atoms with E-state index in [1.807, 2.05) is 50.2 Å². The summed E-state index contributed by atoms with van der Waals surface area (Å²) >= 11 is 0. The van der Waals surface area contributed by atoms with Crippen LogP contribution in [0.4, 0.5) is 0 Å². The van der Waals surface area contributed by atoms with Gasteiger partial charge < -0.3 is 36.9 Å². The molecular formula is C53H62N8O7. The number of nitrogens with zero attached hydrogens (tertiary/aromatic N) is 4. The summed E-state index contributed by atoms with van der Waals surface area (Å²) in [5.74, 6) is 3.06. The molecule has 0 aliphatic carbocycles. The molecule has 0 unspecified atom stereocenters. The van der Waals surface area contributed by atoms with E-state index in [2.05, 4.69) is 33.2 Å². The maximum Gasteiger partial charge on any atom is 0.226 e. The fourth-order valence-electron chi connectivity index (χ4n) is 8.27. The smallest absolute Gasteiger partial charge is 0.226 e. The first-order chi connectivity index (χ1) is 32.6. The Morgan fingerprint density at radius 1 is 0.882 bits per heavy atom. The number of benzene rings is 3. The molecule has 3 aromatic carbocycles. The summed E-state index contributed by atoms with van der Waals surface area (Å²) in [6.45, 7) is 9.85. The number of nitrogens with one attached hydrogen (secondary N) is 1. The fourth-order valence-corrected chi connectivity index (χ4v) is 8.27. The highest BCUT2D eigenvalue weighted by molar-refractivity contribution is 6.01. The lowest BCUT2D eigenvalue weighted by molar-refractivity contribution is -0.142. The number of likely N-dealkylation sites (N-methyl/N-ethyl adjacent to an activating group) is 1. The highest BCUT2D eigenvalue weighted by atomic mass is 16.5. The molecule has 4 bridgehead atoms. The first-order valence-electron chi connectivity index (χ1n) is 22.9. The summed E-state index contributed by atoms with van der Waals surface area (Å²) in [5, 5.41) is 12.1. The van der Waals surface area contributed by atoms with E-state index in [9.17, 15) is 29.2 Å². The Morgan fingerprint density at radius 3 is 2.12 bits per heavy atom. The molecule has 4 atom stereocenters. The van der Waals surface area contributed by atoms with E-state index in [-0.39, 0.29) is 94.3 Å². The third-order valence-electron chi connectivity index (χ3n) is 11.6. The van der Waals surface area contributed by atoms with E-state index in [0.717, 1.165) is 11.1 Å². The number of nitriles is 1. The van der Waals surface area contributed by atoms with Crippen molar-refractivity contribution in [2.24, 2.45) is 29.0 Å². The molecule has 68 heavy (non-hydrogen) atoms. The van der Waals surface area contributed by atoms with Crippen molar-refractivity contribution in [3.63, 3.8) is 0 Å². The number of Topliss-reactive ketones (excluding diaryl/α,β-unsaturated/α-hetero) is 3. The molecule has 4 aromatic rings. The quantitative estimate of drug-likeness (QED) is 0.0755. The standard InChI is InChI=1S/C53H62N8O7/c1-32(2)26-37-11-9-36(10-12-37)14-18-49-58-34(4)50(35(5)59-49)45(63)31-40(19-21-55)53(66)61(6)51-39-15-17-48(68-25-23-57)42(30-39)41-28-38(13-16-47(41)67-24-22-56)29-43(44(62)8-7-20-54)60-52(65)33(3)27-46(51)64/h9-13,15-17,26,28,30,33,40,43,51H,7-8,19,21-25,27,29,31,55-57H2,1-6H3,(H,60,65)/t33-,40-,43+,51+/m1/s1. The van der Waals surface area contributed by atoms with Crippen molar-refractivity contribution in [3.05, 3.63) is 111 Å². The number of ether oxygens (including phenoxy) is 2. The Hall–Kier alpha value is -7.04. The first kappa shape index (κ1) is 51.9. The second-order valence-corrected chi connectivity index (χ2v) is 17.3. The molecule has 15 heteroatoms. The van der Waals surface area contributed by atoms with Gasteiger partial charge in [-0.05, 0) is 106 Å². The van der Waals surface area contributed by atoms with Crippen LogP contribution in [0.1, 0.15) is 109 Å². The number of amides is 2. The molecular weight excluding hydrogens is 861 g/mol. The normalized spacial score (nSPS) is 16.1. The van der Waals surface area contributed by atoms with Gasteiger partial charge in [-0.3, -0.25) is 24.0 Å². The molecule has 0 spiro atoms. The van der Waals surface area contributed by atoms with Gasteiger partial charge >= 0.3 is 0 Å². The summed E-state index contributed by atoms with van der Waals surface area (Å²) in [4.78, 5) is 81.5. The van der Waals surface area contributed by atoms with Gasteiger partial charge in [0.2, 0.25) is 17.6 Å². The second-order valence-electron chi connectivity index (χ2n) is 17.3. The van der Waals surface area contributed by atoms with Gasteiger partial charge in [-0.15, -0.1) is 0 Å². The number of carbonyl (C=O) groups is 5. The number of hydrogen-bond donors (Lipinski definition) is 4. The third-order valence-corrected chi connectivity index (χ3v) is 11.6. The zero-order chi connectivity index (χ0) is 49.5. The van der Waals surface area contributed by atoms with Crippen molar-refractivity contribution >= 4 is 35.2 Å². The number of nitrogens with two attached hydrogens (primary N) is 3. The Morgan fingerprint density at radius 2 is 1.51 bits per heavy atom. The van der Waals surface area contributed by atoms with E-state index in [0.29, 0.717) is 45.1 Å². The van der Waals surface area contributed by atoms with Crippen LogP contribution in [0.3, 0.4) is 0 Å². The van der Waals surface area contributed by atoms with Crippen LogP contribution in [0.5, 0.6) is 11.5 Å². The average molecular weight is 923 g/mol. The van der Waals surface area contributed by atoms with Crippen molar-refractivity contribution in [3.8, 4) is 40.5 Å². The monoisotopic (exact) mass is 922 g/mol. The lowest BCUT2D eigenvalue weighted by Crippen LogP contribution is -2.46. The van der Waals surface area contributed by atoms with E-state index >= 15 is 0 Å². The maximum atomic E-state index is 14.8. The van der Waals surface area contributed by atoms with Crippen molar-refractivity contribution < 1.29 is 33.4 Å². The Bertz CT molecular complexity index is 2620. The maximum absolute atomic E-state index is 14.8. The van der Waals surface area contributed by atoms with Gasteiger partial charge in [-0.2, -0.15) is 5.26 Å². The zero-order valence-corrected chi connectivity index (χ0v) is 39.8. The number of aromatic nitrogens is 2. The van der Waals surface area contributed by atoms with E-state index in [1.54, 1.807) is 51.1 Å². The Kier molecular flexibility index (Phi) is 18.8. The van der Waals surface area contributed by atoms with Crippen molar-refractivity contribution in [1.82, 2.24) is 20.2 Å². The number of ketones is 3. The van der Waals surface area contributed by atoms with Gasteiger partial charge in [0.25, 0.3) is 0 Å². The zero-order valence-electron chi connectivity index (χ0n) is 39.8. The number of hydrogen-bond acceptors (Lipinski definition) is 13. The Labute approximate surface area is 398 Å². The highest BCUT2D eigenvalue weighted by Crippen LogP contribution is 2.41. The highest BCUT2D eigenvalue weighted by Gasteiger charge is 2.36. The van der Waals surface area contributed by atoms with E-state index in [4.69, 9.17) is 26.7 Å². The number of allylic oxidation sites excluding steroid dienone is 1. The minimum Gasteiger partial charge on any atom is -0.492 e. The molecule has 15 nitrogen and oxygen atoms in total. The number of aryl methyl sites for hydroxylation is 2. The largest absolute Gasteiger partial charge is 0.492 e. The van der Waals surface area contributed by atoms with Gasteiger partial charge in [0.1, 0.15) is 30.8 Å². The van der Waals surface area contributed by atoms with E-state index < -0.39 is 41.5 Å². The molecule has 1 aliphatic heterocycles. The summed E-state index contributed by atoms with van der Waals surface area (Å²) < 4.78 is 12.3. The minimum atomic E-state index is -1.25. The van der Waals surface area contributed by atoms with Crippen LogP contribution in [-0.4, -0.2) is 90.0 Å². The second kappa shape index (κ2) is 24.6. The van der Waals surface area contributed by atoms with Crippen molar-refractivity contribution in [1.29, 1.82) is 5.26 Å². The Balaban J connectivity index is 1.54. The molecule has 0 saturated heterocycles.